The molecule has 4 rings (SSSR count). The van der Waals surface area contributed by atoms with Crippen LogP contribution >= 0.6 is 0 Å². The molecule has 0 saturated carbocycles. The van der Waals surface area contributed by atoms with Crippen LogP contribution in [0.15, 0.2) is 70.7 Å². The Bertz CT molecular complexity index is 1360. The van der Waals surface area contributed by atoms with Crippen LogP contribution in [0.1, 0.15) is 5.56 Å². The number of anilines is 2. The molecule has 0 spiro atoms. The molecule has 0 bridgehead atoms. The molecule has 3 aromatic carbocycles. The van der Waals surface area contributed by atoms with Gasteiger partial charge in [0.1, 0.15) is 23.9 Å². The Balaban J connectivity index is 1.63. The summed E-state index contributed by atoms with van der Waals surface area (Å²) in [5, 5.41) is 15.4. The highest BCUT2D eigenvalue weighted by Gasteiger charge is 2.24. The first-order valence-corrected chi connectivity index (χ1v) is 11.5. The van der Waals surface area contributed by atoms with Gasteiger partial charge in [-0.15, -0.1) is 0 Å². The average Bonchev–Trinajstić information content (AvgIpc) is 2.84. The maximum atomic E-state index is 13.1. The second-order valence-corrected chi connectivity index (χ2v) is 8.67. The molecule has 0 saturated heterocycles. The summed E-state index contributed by atoms with van der Waals surface area (Å²) >= 11 is 0. The van der Waals surface area contributed by atoms with Crippen molar-refractivity contribution in [3.8, 4) is 17.2 Å². The summed E-state index contributed by atoms with van der Waals surface area (Å²) in [5.41, 5.74) is 3.17. The molecule has 0 aromatic heterocycles. The molecule has 0 amide bonds. The molecule has 0 unspecified atom stereocenters. The normalized spacial score (nSPS) is 12.9. The van der Waals surface area contributed by atoms with Crippen LogP contribution in [0.25, 0.3) is 0 Å². The van der Waals surface area contributed by atoms with Gasteiger partial charge in [-0.3, -0.25) is 20.3 Å². The summed E-state index contributed by atoms with van der Waals surface area (Å²) in [6.45, 7) is 0.914. The average molecular weight is 484 g/mol. The van der Waals surface area contributed by atoms with Crippen molar-refractivity contribution in [1.29, 1.82) is 0 Å². The zero-order valence-corrected chi connectivity index (χ0v) is 18.7. The zero-order valence-electron chi connectivity index (χ0n) is 17.9. The van der Waals surface area contributed by atoms with E-state index >= 15 is 0 Å². The minimum absolute atomic E-state index is 0.0433. The lowest BCUT2D eigenvalue weighted by atomic mass is 10.2. The molecule has 0 aliphatic carbocycles. The number of nitro groups is 1. The third kappa shape index (κ3) is 5.02. The van der Waals surface area contributed by atoms with E-state index in [0.717, 1.165) is 6.07 Å². The van der Waals surface area contributed by atoms with E-state index < -0.39 is 14.9 Å². The number of ether oxygens (including phenoxy) is 3. The summed E-state index contributed by atoms with van der Waals surface area (Å²) in [4.78, 5) is 10.2. The van der Waals surface area contributed by atoms with Gasteiger partial charge in [0.05, 0.1) is 29.6 Å². The molecular formula is C22H20N4O7S. The lowest BCUT2D eigenvalue weighted by Gasteiger charge is -2.18. The van der Waals surface area contributed by atoms with Gasteiger partial charge >= 0.3 is 0 Å². The van der Waals surface area contributed by atoms with Gasteiger partial charge in [-0.25, -0.2) is 8.42 Å². The van der Waals surface area contributed by atoms with Crippen LogP contribution in [-0.4, -0.2) is 39.9 Å². The van der Waals surface area contributed by atoms with Gasteiger partial charge in [-0.2, -0.15) is 5.10 Å². The van der Waals surface area contributed by atoms with Crippen molar-refractivity contribution >= 4 is 33.3 Å². The number of nitro benzene ring substituents is 1. The first kappa shape index (κ1) is 22.9. The smallest absolute Gasteiger partial charge is 0.270 e. The monoisotopic (exact) mass is 484 g/mol. The van der Waals surface area contributed by atoms with E-state index in [9.17, 15) is 18.5 Å². The number of para-hydroxylation sites is 2. The number of methoxy groups -OCH3 is 1. The lowest BCUT2D eigenvalue weighted by Crippen LogP contribution is -2.16. The third-order valence-electron chi connectivity index (χ3n) is 4.78. The Morgan fingerprint density at radius 3 is 2.56 bits per heavy atom. The van der Waals surface area contributed by atoms with E-state index in [1.807, 2.05) is 0 Å². The number of benzene rings is 3. The van der Waals surface area contributed by atoms with Crippen molar-refractivity contribution in [2.24, 2.45) is 5.10 Å². The molecule has 0 radical (unpaired) electrons. The van der Waals surface area contributed by atoms with E-state index in [0.29, 0.717) is 36.0 Å². The lowest BCUT2D eigenvalue weighted by molar-refractivity contribution is -0.385. The van der Waals surface area contributed by atoms with E-state index in [2.05, 4.69) is 15.2 Å². The number of rotatable bonds is 8. The molecule has 11 nitrogen and oxygen atoms in total. The second kappa shape index (κ2) is 9.67. The Hall–Kier alpha value is -4.32. The van der Waals surface area contributed by atoms with Crippen molar-refractivity contribution in [2.45, 2.75) is 4.90 Å². The highest BCUT2D eigenvalue weighted by atomic mass is 32.2. The predicted octanol–water partition coefficient (Wildman–Crippen LogP) is 3.62. The van der Waals surface area contributed by atoms with Crippen molar-refractivity contribution in [2.75, 3.05) is 30.5 Å². The van der Waals surface area contributed by atoms with E-state index in [1.54, 1.807) is 36.4 Å². The van der Waals surface area contributed by atoms with Crippen LogP contribution in [0.3, 0.4) is 0 Å². The number of nitrogens with zero attached hydrogens (tertiary/aromatic N) is 2. The molecule has 2 N–H and O–H groups in total. The molecule has 0 atom stereocenters. The molecule has 1 aliphatic heterocycles. The van der Waals surface area contributed by atoms with Gasteiger partial charge in [0.2, 0.25) is 0 Å². The van der Waals surface area contributed by atoms with Crippen molar-refractivity contribution < 1.29 is 27.6 Å². The van der Waals surface area contributed by atoms with Crippen molar-refractivity contribution in [3.63, 3.8) is 0 Å². The highest BCUT2D eigenvalue weighted by Crippen LogP contribution is 2.32. The maximum absolute atomic E-state index is 13.1. The number of fused-ring (bicyclic) bond motifs is 1. The largest absolute Gasteiger partial charge is 0.495 e. The van der Waals surface area contributed by atoms with Gasteiger partial charge < -0.3 is 14.2 Å². The molecule has 34 heavy (non-hydrogen) atoms. The van der Waals surface area contributed by atoms with Gasteiger partial charge in [-0.1, -0.05) is 12.1 Å². The molecule has 3 aromatic rings. The number of hydrogen-bond donors (Lipinski definition) is 2. The molecule has 176 valence electrons. The Labute approximate surface area is 195 Å². The molecule has 12 heteroatoms. The fraction of sp³-hybridized carbons (Fsp3) is 0.136. The number of nitrogens with one attached hydrogen (secondary N) is 2. The standard InChI is InChI=1S/C22H20N4O7S/c1-31-19-5-3-2-4-17(19)25-34(29,30)22-13-16(26(27)28)7-8-18(22)24-23-14-15-6-9-20-21(12-15)33-11-10-32-20/h2-9,12-14,24-25H,10-11H2,1H3. The van der Waals surface area contributed by atoms with Crippen LogP contribution in [-0.2, 0) is 10.0 Å². The third-order valence-corrected chi connectivity index (χ3v) is 6.19. The first-order valence-electron chi connectivity index (χ1n) is 10.0. The van der Waals surface area contributed by atoms with E-state index in [-0.39, 0.29) is 22.0 Å². The molecule has 1 heterocycles. The van der Waals surface area contributed by atoms with Gasteiger partial charge in [-0.05, 0) is 42.0 Å². The summed E-state index contributed by atoms with van der Waals surface area (Å²) in [6.07, 6.45) is 1.46. The van der Waals surface area contributed by atoms with Gasteiger partial charge in [0, 0.05) is 12.1 Å². The number of sulfonamides is 1. The topological polar surface area (TPSA) is 141 Å². The fourth-order valence-electron chi connectivity index (χ4n) is 3.18. The van der Waals surface area contributed by atoms with E-state index in [1.165, 1.54) is 31.5 Å². The van der Waals surface area contributed by atoms with Crippen LogP contribution in [0, 0.1) is 10.1 Å². The predicted molar refractivity (Wildman–Crippen MR) is 126 cm³/mol. The molecular weight excluding hydrogens is 464 g/mol. The quantitative estimate of drug-likeness (QED) is 0.281. The van der Waals surface area contributed by atoms with Crippen LogP contribution in [0.4, 0.5) is 17.1 Å². The van der Waals surface area contributed by atoms with Gasteiger partial charge in [0.15, 0.2) is 11.5 Å². The van der Waals surface area contributed by atoms with Crippen LogP contribution in [0.2, 0.25) is 0 Å². The molecule has 1 aliphatic rings. The fourth-order valence-corrected chi connectivity index (χ4v) is 4.43. The summed E-state index contributed by atoms with van der Waals surface area (Å²) in [5.74, 6) is 1.50. The first-order chi connectivity index (χ1) is 16.4. The van der Waals surface area contributed by atoms with Gasteiger partial charge in [0.25, 0.3) is 15.7 Å². The number of hydrazone groups is 1. The molecule has 0 fully saturated rings. The minimum atomic E-state index is -4.25. The summed E-state index contributed by atoms with van der Waals surface area (Å²) in [6, 6.07) is 15.1. The van der Waals surface area contributed by atoms with E-state index in [4.69, 9.17) is 14.2 Å². The maximum Gasteiger partial charge on any atom is 0.270 e. The Morgan fingerprint density at radius 1 is 1.03 bits per heavy atom. The Morgan fingerprint density at radius 2 is 1.79 bits per heavy atom. The summed E-state index contributed by atoms with van der Waals surface area (Å²) in [7, 11) is -2.84. The Kier molecular flexibility index (Phi) is 6.50. The second-order valence-electron chi connectivity index (χ2n) is 7.02. The van der Waals surface area contributed by atoms with Crippen molar-refractivity contribution in [1.82, 2.24) is 0 Å². The number of non-ortho nitro benzene ring substituents is 1. The number of hydrogen-bond acceptors (Lipinski definition) is 9. The highest BCUT2D eigenvalue weighted by molar-refractivity contribution is 7.93. The van der Waals surface area contributed by atoms with Crippen molar-refractivity contribution in [3.05, 3.63) is 76.3 Å². The minimum Gasteiger partial charge on any atom is -0.495 e. The van der Waals surface area contributed by atoms with Crippen LogP contribution < -0.4 is 24.4 Å². The zero-order chi connectivity index (χ0) is 24.1. The SMILES string of the molecule is COc1ccccc1NS(=O)(=O)c1cc([N+](=O)[O-])ccc1NN=Cc1ccc2c(c1)OCCO2. The van der Waals surface area contributed by atoms with Crippen LogP contribution in [0.5, 0.6) is 17.2 Å². The summed E-state index contributed by atoms with van der Waals surface area (Å²) < 4.78 is 44.9.